The third-order valence-electron chi connectivity index (χ3n) is 7.26. The van der Waals surface area contributed by atoms with Gasteiger partial charge < -0.3 is 15.0 Å². The van der Waals surface area contributed by atoms with Crippen molar-refractivity contribution in [2.45, 2.75) is 92.7 Å². The quantitative estimate of drug-likeness (QED) is 0.206. The number of halogens is 2. The molecule has 0 radical (unpaired) electrons. The monoisotopic (exact) mass is 595 g/mol. The molecule has 1 aliphatic carbocycles. The molecular formula is C29H43BrClN3O3. The number of ketones is 1. The lowest BCUT2D eigenvalue weighted by Crippen LogP contribution is -2.43. The van der Waals surface area contributed by atoms with Gasteiger partial charge in [-0.2, -0.15) is 0 Å². The first-order valence-corrected chi connectivity index (χ1v) is 13.5. The molecule has 1 aliphatic heterocycles. The number of esters is 1. The maximum Gasteiger partial charge on any atom is 0.316 e. The summed E-state index contributed by atoms with van der Waals surface area (Å²) in [5.41, 5.74) is 0.305. The van der Waals surface area contributed by atoms with Crippen LogP contribution in [0.25, 0.3) is 0 Å². The summed E-state index contributed by atoms with van der Waals surface area (Å²) in [4.78, 5) is 31.6. The Morgan fingerprint density at radius 3 is 2.16 bits per heavy atom. The molecule has 206 valence electrons. The Balaban J connectivity index is 0.00000481. The summed E-state index contributed by atoms with van der Waals surface area (Å²) in [7, 11) is 0. The Bertz CT molecular complexity index is 1000. The minimum absolute atomic E-state index is 0. The van der Waals surface area contributed by atoms with Crippen LogP contribution in [0.4, 0.5) is 0 Å². The molecule has 6 nitrogen and oxygen atoms in total. The number of carbonyl (C=O) groups is 2. The van der Waals surface area contributed by atoms with E-state index in [4.69, 9.17) is 16.3 Å². The summed E-state index contributed by atoms with van der Waals surface area (Å²) >= 11 is 6.80. The first kappa shape index (κ1) is 31.4. The highest BCUT2D eigenvalue weighted by Crippen LogP contribution is 2.38. The molecule has 1 atom stereocenters. The molecule has 3 rings (SSSR count). The fourth-order valence-electron chi connectivity index (χ4n) is 4.77. The predicted octanol–water partition coefficient (Wildman–Crippen LogP) is 7.12. The number of nitrogens with one attached hydrogen (secondary N) is 1. The lowest BCUT2D eigenvalue weighted by atomic mass is 9.71. The van der Waals surface area contributed by atoms with Crippen molar-refractivity contribution in [2.75, 3.05) is 6.54 Å². The summed E-state index contributed by atoms with van der Waals surface area (Å²) in [5.74, 6) is 1.55. The third kappa shape index (κ3) is 8.31. The second kappa shape index (κ2) is 12.8. The lowest BCUT2D eigenvalue weighted by Gasteiger charge is -2.38. The van der Waals surface area contributed by atoms with Crippen LogP contribution in [0.1, 0.15) is 90.9 Å². The number of ether oxygens (including phenoxy) is 1. The van der Waals surface area contributed by atoms with Crippen molar-refractivity contribution in [1.29, 1.82) is 0 Å². The number of hydrogen-bond donors (Lipinski definition) is 1. The van der Waals surface area contributed by atoms with Gasteiger partial charge in [-0.15, -0.1) is 17.0 Å². The zero-order valence-electron chi connectivity index (χ0n) is 23.3. The highest BCUT2D eigenvalue weighted by atomic mass is 79.9. The van der Waals surface area contributed by atoms with Gasteiger partial charge in [-0.3, -0.25) is 9.59 Å². The largest absolute Gasteiger partial charge is 0.426 e. The maximum absolute atomic E-state index is 13.0. The van der Waals surface area contributed by atoms with Crippen LogP contribution in [0.5, 0.6) is 5.75 Å². The van der Waals surface area contributed by atoms with Crippen LogP contribution in [0.3, 0.4) is 0 Å². The van der Waals surface area contributed by atoms with E-state index in [9.17, 15) is 9.59 Å². The van der Waals surface area contributed by atoms with Gasteiger partial charge in [-0.05, 0) is 88.5 Å². The second-order valence-electron chi connectivity index (χ2n) is 12.2. The number of aliphatic imine (C=N–C) groups is 1. The first-order chi connectivity index (χ1) is 16.8. The van der Waals surface area contributed by atoms with E-state index in [2.05, 4.69) is 38.0 Å². The van der Waals surface area contributed by atoms with Crippen LogP contribution in [0.15, 0.2) is 40.1 Å². The van der Waals surface area contributed by atoms with Crippen LogP contribution in [-0.2, 0) is 4.79 Å². The number of carbonyl (C=O) groups excluding carboxylic acids is 2. The molecule has 8 heteroatoms. The van der Waals surface area contributed by atoms with Gasteiger partial charge in [0, 0.05) is 11.6 Å². The zero-order chi connectivity index (χ0) is 26.7. The average molecular weight is 597 g/mol. The molecule has 0 bridgehead atoms. The highest BCUT2D eigenvalue weighted by Gasteiger charge is 2.32. The number of benzene rings is 1. The van der Waals surface area contributed by atoms with Gasteiger partial charge >= 0.3 is 5.97 Å². The van der Waals surface area contributed by atoms with Crippen molar-refractivity contribution >= 4 is 46.7 Å². The SMILES string of the molecule is Br.CCC1C(Cl)=C(NC2CCC(C(C)(C)C)CC2)N=CN1CC(=O)c1ccc(OC(=O)C(C)(C)C)cc1. The lowest BCUT2D eigenvalue weighted by molar-refractivity contribution is -0.143. The van der Waals surface area contributed by atoms with Crippen LogP contribution >= 0.6 is 28.6 Å². The summed E-state index contributed by atoms with van der Waals surface area (Å²) in [6.07, 6.45) is 7.16. The minimum Gasteiger partial charge on any atom is -0.426 e. The van der Waals surface area contributed by atoms with Crippen LogP contribution in [0, 0.1) is 16.7 Å². The number of rotatable bonds is 7. The molecule has 0 amide bonds. The summed E-state index contributed by atoms with van der Waals surface area (Å²) < 4.78 is 5.40. The molecule has 37 heavy (non-hydrogen) atoms. The van der Waals surface area contributed by atoms with E-state index in [1.165, 1.54) is 12.8 Å². The first-order valence-electron chi connectivity index (χ1n) is 13.1. The molecule has 1 heterocycles. The van der Waals surface area contributed by atoms with Gasteiger partial charge in [0.15, 0.2) is 5.78 Å². The van der Waals surface area contributed by atoms with Crippen LogP contribution in [-0.4, -0.2) is 41.6 Å². The second-order valence-corrected chi connectivity index (χ2v) is 12.6. The number of nitrogens with zero attached hydrogens (tertiary/aromatic N) is 2. The van der Waals surface area contributed by atoms with Gasteiger partial charge in [0.25, 0.3) is 0 Å². The molecule has 1 N–H and O–H groups in total. The van der Waals surface area contributed by atoms with Crippen LogP contribution in [0.2, 0.25) is 0 Å². The fraction of sp³-hybridized carbons (Fsp3) is 0.621. The highest BCUT2D eigenvalue weighted by molar-refractivity contribution is 8.93. The van der Waals surface area contributed by atoms with E-state index >= 15 is 0 Å². The van der Waals surface area contributed by atoms with Gasteiger partial charge in [0.1, 0.15) is 11.6 Å². The standard InChI is InChI=1S/C29H42ClN3O3.BrH/c1-8-23-25(30)26(32-21-13-11-20(12-14-21)28(2,3)4)31-18-33(23)17-24(34)19-9-15-22(16-10-19)36-27(35)29(5,6)7;/h9-10,15-16,18,20-21,23,32H,8,11-14,17H2,1-7H3;1H. The van der Waals surface area contributed by atoms with Crippen molar-refractivity contribution in [3.05, 3.63) is 40.7 Å². The number of hydrogen-bond acceptors (Lipinski definition) is 6. The summed E-state index contributed by atoms with van der Waals surface area (Å²) in [5, 5.41) is 4.24. The Kier molecular flexibility index (Phi) is 10.8. The molecule has 1 saturated carbocycles. The van der Waals surface area contributed by atoms with Crippen molar-refractivity contribution in [3.8, 4) is 5.75 Å². The molecule has 0 saturated heterocycles. The van der Waals surface area contributed by atoms with Crippen molar-refractivity contribution in [3.63, 3.8) is 0 Å². The third-order valence-corrected chi connectivity index (χ3v) is 7.69. The maximum atomic E-state index is 13.0. The fourth-order valence-corrected chi connectivity index (χ4v) is 5.15. The van der Waals surface area contributed by atoms with Gasteiger partial charge in [0.2, 0.25) is 0 Å². The average Bonchev–Trinajstić information content (AvgIpc) is 2.80. The Hall–Kier alpha value is -1.86. The Morgan fingerprint density at radius 1 is 1.05 bits per heavy atom. The van der Waals surface area contributed by atoms with E-state index in [0.717, 1.165) is 31.0 Å². The molecule has 1 aromatic carbocycles. The molecule has 0 spiro atoms. The van der Waals surface area contributed by atoms with Gasteiger partial charge in [-0.1, -0.05) is 39.3 Å². The molecule has 1 fully saturated rings. The Labute approximate surface area is 238 Å². The van der Waals surface area contributed by atoms with Gasteiger partial charge in [-0.25, -0.2) is 4.99 Å². The summed E-state index contributed by atoms with van der Waals surface area (Å²) in [6.45, 7) is 14.6. The number of Topliss-reactive ketones (excluding diaryl/α,β-unsaturated/α-hetero) is 1. The molecule has 1 aromatic rings. The van der Waals surface area contributed by atoms with Gasteiger partial charge in [0.05, 0.1) is 29.4 Å². The Morgan fingerprint density at radius 2 is 1.65 bits per heavy atom. The molecule has 0 aromatic heterocycles. The van der Waals surface area contributed by atoms with E-state index in [1.54, 1.807) is 51.4 Å². The topological polar surface area (TPSA) is 71.0 Å². The zero-order valence-corrected chi connectivity index (χ0v) is 25.7. The van der Waals surface area contributed by atoms with Crippen molar-refractivity contribution in [2.24, 2.45) is 21.7 Å². The van der Waals surface area contributed by atoms with E-state index < -0.39 is 5.41 Å². The normalized spacial score (nSPS) is 22.4. The van der Waals surface area contributed by atoms with Crippen molar-refractivity contribution < 1.29 is 14.3 Å². The molecule has 2 aliphatic rings. The molecule has 1 unspecified atom stereocenters. The predicted molar refractivity (Wildman–Crippen MR) is 157 cm³/mol. The van der Waals surface area contributed by atoms with Crippen molar-refractivity contribution in [1.82, 2.24) is 10.2 Å². The minimum atomic E-state index is -0.594. The van der Waals surface area contributed by atoms with E-state index in [1.807, 2.05) is 4.90 Å². The summed E-state index contributed by atoms with van der Waals surface area (Å²) in [6, 6.07) is 6.96. The van der Waals surface area contributed by atoms with Crippen LogP contribution < -0.4 is 10.1 Å². The molecular weight excluding hydrogens is 554 g/mol. The smallest absolute Gasteiger partial charge is 0.316 e. The van der Waals surface area contributed by atoms with E-state index in [0.29, 0.717) is 27.8 Å². The van der Waals surface area contributed by atoms with E-state index in [-0.39, 0.29) is 41.3 Å².